The Labute approximate surface area is 106 Å². The zero-order valence-electron chi connectivity index (χ0n) is 10.8. The van der Waals surface area contributed by atoms with Crippen LogP contribution in [-0.4, -0.2) is 35.5 Å². The molecule has 1 heterocycles. The Balaban J connectivity index is 2.55. The van der Waals surface area contributed by atoms with Crippen LogP contribution in [0.25, 0.3) is 0 Å². The van der Waals surface area contributed by atoms with Gasteiger partial charge in [-0.25, -0.2) is 0 Å². The summed E-state index contributed by atoms with van der Waals surface area (Å²) in [6, 6.07) is -0.516. The topological polar surface area (TPSA) is 95.5 Å². The smallest absolute Gasteiger partial charge is 0.311 e. The second-order valence-corrected chi connectivity index (χ2v) is 4.67. The van der Waals surface area contributed by atoms with Gasteiger partial charge in [-0.1, -0.05) is 13.8 Å². The second kappa shape index (κ2) is 5.84. The van der Waals surface area contributed by atoms with Gasteiger partial charge in [0.2, 0.25) is 11.8 Å². The standard InChI is InChI=1S/C12H20N2O4/c1-3-12(4-2,11(17)18)7-13-10(16)8-5-6-9(15)14-8/h8H,3-7H2,1-2H3,(H,13,16)(H,14,15)(H,17,18). The zero-order chi connectivity index (χ0) is 13.8. The zero-order valence-corrected chi connectivity index (χ0v) is 10.8. The molecule has 0 aromatic rings. The van der Waals surface area contributed by atoms with Gasteiger partial charge in [0, 0.05) is 13.0 Å². The van der Waals surface area contributed by atoms with Gasteiger partial charge in [0.15, 0.2) is 0 Å². The predicted octanol–water partition coefficient (Wildman–Crippen LogP) is 0.272. The molecule has 102 valence electrons. The minimum atomic E-state index is -0.918. The minimum Gasteiger partial charge on any atom is -0.481 e. The van der Waals surface area contributed by atoms with Crippen LogP contribution in [0.2, 0.25) is 0 Å². The van der Waals surface area contributed by atoms with Gasteiger partial charge in [0.05, 0.1) is 5.41 Å². The van der Waals surface area contributed by atoms with Crippen LogP contribution in [-0.2, 0) is 14.4 Å². The largest absolute Gasteiger partial charge is 0.481 e. The van der Waals surface area contributed by atoms with Gasteiger partial charge in [-0.05, 0) is 19.3 Å². The summed E-state index contributed by atoms with van der Waals surface area (Å²) in [5.74, 6) is -1.33. The minimum absolute atomic E-state index is 0.0978. The third-order valence-electron chi connectivity index (χ3n) is 3.72. The van der Waals surface area contributed by atoms with E-state index in [4.69, 9.17) is 0 Å². The lowest BCUT2D eigenvalue weighted by Gasteiger charge is -2.27. The number of hydrogen-bond donors (Lipinski definition) is 3. The highest BCUT2D eigenvalue weighted by atomic mass is 16.4. The summed E-state index contributed by atoms with van der Waals surface area (Å²) in [7, 11) is 0. The van der Waals surface area contributed by atoms with E-state index in [1.165, 1.54) is 0 Å². The molecule has 3 N–H and O–H groups in total. The van der Waals surface area contributed by atoms with Crippen LogP contribution in [0.3, 0.4) is 0 Å². The molecule has 1 fully saturated rings. The van der Waals surface area contributed by atoms with Crippen molar-refractivity contribution < 1.29 is 19.5 Å². The van der Waals surface area contributed by atoms with Crippen molar-refractivity contribution in [3.8, 4) is 0 Å². The number of nitrogens with one attached hydrogen (secondary N) is 2. The van der Waals surface area contributed by atoms with Gasteiger partial charge in [-0.3, -0.25) is 14.4 Å². The van der Waals surface area contributed by atoms with E-state index in [1.54, 1.807) is 13.8 Å². The van der Waals surface area contributed by atoms with Crippen molar-refractivity contribution in [2.45, 2.75) is 45.6 Å². The van der Waals surface area contributed by atoms with Gasteiger partial charge >= 0.3 is 5.97 Å². The van der Waals surface area contributed by atoms with E-state index >= 15 is 0 Å². The van der Waals surface area contributed by atoms with Crippen LogP contribution in [0, 0.1) is 5.41 Å². The highest BCUT2D eigenvalue weighted by Crippen LogP contribution is 2.25. The van der Waals surface area contributed by atoms with Crippen LogP contribution in [0.5, 0.6) is 0 Å². The van der Waals surface area contributed by atoms with Crippen molar-refractivity contribution in [2.75, 3.05) is 6.54 Å². The molecule has 0 radical (unpaired) electrons. The van der Waals surface area contributed by atoms with Gasteiger partial charge in [-0.15, -0.1) is 0 Å². The molecule has 1 saturated heterocycles. The average Bonchev–Trinajstić information content (AvgIpc) is 2.77. The molecule has 1 aliphatic heterocycles. The highest BCUT2D eigenvalue weighted by Gasteiger charge is 2.36. The molecule has 0 spiro atoms. The maximum Gasteiger partial charge on any atom is 0.311 e. The number of carboxylic acid groups (broad SMARTS) is 1. The number of aliphatic carboxylic acids is 1. The lowest BCUT2D eigenvalue weighted by molar-refractivity contribution is -0.149. The SMILES string of the molecule is CCC(CC)(CNC(=O)C1CCC(=O)N1)C(=O)O. The fraction of sp³-hybridized carbons (Fsp3) is 0.750. The fourth-order valence-corrected chi connectivity index (χ4v) is 2.07. The van der Waals surface area contributed by atoms with E-state index in [2.05, 4.69) is 10.6 Å². The van der Waals surface area contributed by atoms with Crippen molar-refractivity contribution in [3.05, 3.63) is 0 Å². The first kappa shape index (κ1) is 14.5. The van der Waals surface area contributed by atoms with E-state index in [0.717, 1.165) is 0 Å². The van der Waals surface area contributed by atoms with Crippen LogP contribution in [0.15, 0.2) is 0 Å². The third kappa shape index (κ3) is 3.00. The van der Waals surface area contributed by atoms with Gasteiger partial charge in [0.25, 0.3) is 0 Å². The van der Waals surface area contributed by atoms with Crippen molar-refractivity contribution in [3.63, 3.8) is 0 Å². The molecule has 0 bridgehead atoms. The summed E-state index contributed by atoms with van der Waals surface area (Å²) in [6.07, 6.45) is 1.74. The maximum absolute atomic E-state index is 11.8. The normalized spacial score (nSPS) is 19.4. The lowest BCUT2D eigenvalue weighted by atomic mass is 9.82. The Hall–Kier alpha value is -1.59. The summed E-state index contributed by atoms with van der Waals surface area (Å²) in [4.78, 5) is 34.0. The Morgan fingerprint density at radius 2 is 2.06 bits per heavy atom. The molecular weight excluding hydrogens is 236 g/mol. The molecular formula is C12H20N2O4. The Bertz CT molecular complexity index is 350. The summed E-state index contributed by atoms with van der Waals surface area (Å²) in [5, 5.41) is 14.4. The first-order chi connectivity index (χ1) is 8.45. The van der Waals surface area contributed by atoms with Crippen LogP contribution >= 0.6 is 0 Å². The van der Waals surface area contributed by atoms with Crippen molar-refractivity contribution in [1.82, 2.24) is 10.6 Å². The monoisotopic (exact) mass is 256 g/mol. The molecule has 0 aromatic carbocycles. The first-order valence-electron chi connectivity index (χ1n) is 6.25. The summed E-state index contributed by atoms with van der Waals surface area (Å²) >= 11 is 0. The van der Waals surface area contributed by atoms with Crippen molar-refractivity contribution in [1.29, 1.82) is 0 Å². The molecule has 2 amide bonds. The van der Waals surface area contributed by atoms with Crippen LogP contribution in [0.1, 0.15) is 39.5 Å². The Morgan fingerprint density at radius 3 is 2.44 bits per heavy atom. The highest BCUT2D eigenvalue weighted by molar-refractivity contribution is 5.91. The number of carbonyl (C=O) groups excluding carboxylic acids is 2. The molecule has 0 aliphatic carbocycles. The third-order valence-corrected chi connectivity index (χ3v) is 3.72. The van der Waals surface area contributed by atoms with Crippen molar-refractivity contribution >= 4 is 17.8 Å². The number of carboxylic acids is 1. The van der Waals surface area contributed by atoms with E-state index in [-0.39, 0.29) is 18.4 Å². The van der Waals surface area contributed by atoms with E-state index in [1.807, 2.05) is 0 Å². The molecule has 0 aromatic heterocycles. The van der Waals surface area contributed by atoms with Gasteiger partial charge in [0.1, 0.15) is 6.04 Å². The Morgan fingerprint density at radius 1 is 1.44 bits per heavy atom. The number of rotatable bonds is 6. The molecule has 6 nitrogen and oxygen atoms in total. The fourth-order valence-electron chi connectivity index (χ4n) is 2.07. The summed E-state index contributed by atoms with van der Waals surface area (Å²) in [5.41, 5.74) is -0.918. The van der Waals surface area contributed by atoms with E-state index < -0.39 is 17.4 Å². The number of hydrogen-bond acceptors (Lipinski definition) is 3. The summed E-state index contributed by atoms with van der Waals surface area (Å²) < 4.78 is 0. The van der Waals surface area contributed by atoms with Crippen LogP contribution < -0.4 is 10.6 Å². The number of amides is 2. The Kier molecular flexibility index (Phi) is 4.69. The molecule has 1 aliphatic rings. The van der Waals surface area contributed by atoms with E-state index in [0.29, 0.717) is 25.7 Å². The molecule has 0 saturated carbocycles. The predicted molar refractivity (Wildman–Crippen MR) is 64.8 cm³/mol. The van der Waals surface area contributed by atoms with Crippen molar-refractivity contribution in [2.24, 2.45) is 5.41 Å². The second-order valence-electron chi connectivity index (χ2n) is 4.67. The lowest BCUT2D eigenvalue weighted by Crippen LogP contribution is -2.48. The molecule has 18 heavy (non-hydrogen) atoms. The molecule has 1 atom stereocenters. The summed E-state index contributed by atoms with van der Waals surface area (Å²) in [6.45, 7) is 3.68. The number of carbonyl (C=O) groups is 3. The molecule has 1 unspecified atom stereocenters. The van der Waals surface area contributed by atoms with E-state index in [9.17, 15) is 19.5 Å². The van der Waals surface area contributed by atoms with Gasteiger partial charge < -0.3 is 15.7 Å². The average molecular weight is 256 g/mol. The molecule has 6 heteroatoms. The van der Waals surface area contributed by atoms with Crippen LogP contribution in [0.4, 0.5) is 0 Å². The maximum atomic E-state index is 11.8. The molecule has 1 rings (SSSR count). The van der Waals surface area contributed by atoms with Gasteiger partial charge in [-0.2, -0.15) is 0 Å². The quantitative estimate of drug-likeness (QED) is 0.635. The first-order valence-corrected chi connectivity index (χ1v) is 6.25.